The summed E-state index contributed by atoms with van der Waals surface area (Å²) in [5.74, 6) is 0.440. The maximum absolute atomic E-state index is 12.5. The van der Waals surface area contributed by atoms with E-state index in [9.17, 15) is 9.59 Å². The number of nitrogens with one attached hydrogen (secondary N) is 1. The number of benzene rings is 2. The smallest absolute Gasteiger partial charge is 0.209 e. The van der Waals surface area contributed by atoms with Gasteiger partial charge in [-0.25, -0.2) is 0 Å². The minimum absolute atomic E-state index is 0.166. The Kier molecular flexibility index (Phi) is 4.72. The summed E-state index contributed by atoms with van der Waals surface area (Å²) in [6.07, 6.45) is 3.19. The van der Waals surface area contributed by atoms with E-state index in [1.165, 1.54) is 6.08 Å². The highest BCUT2D eigenvalue weighted by molar-refractivity contribution is 6.24. The normalized spacial score (nSPS) is 13.1. The quantitative estimate of drug-likeness (QED) is 0.713. The lowest BCUT2D eigenvalue weighted by molar-refractivity contribution is 0.0978. The molecule has 1 aliphatic carbocycles. The van der Waals surface area contributed by atoms with Crippen LogP contribution in [0.2, 0.25) is 0 Å². The van der Waals surface area contributed by atoms with Crippen LogP contribution in [0.3, 0.4) is 0 Å². The molecule has 0 radical (unpaired) electrons. The third-order valence-electron chi connectivity index (χ3n) is 4.54. The lowest BCUT2D eigenvalue weighted by Crippen LogP contribution is -2.29. The SMILES string of the molecule is COc1ccc(-c2cn(CCNC3=CC(=O)c4ccccc4C3=O)nn2)cc1. The molecule has 0 unspecified atom stereocenters. The minimum Gasteiger partial charge on any atom is -0.497 e. The molecule has 0 amide bonds. The minimum atomic E-state index is -0.173. The van der Waals surface area contributed by atoms with Gasteiger partial charge in [-0.1, -0.05) is 29.5 Å². The summed E-state index contributed by atoms with van der Waals surface area (Å²) in [7, 11) is 1.62. The van der Waals surface area contributed by atoms with Gasteiger partial charge in [0.15, 0.2) is 5.78 Å². The molecule has 0 aliphatic heterocycles. The van der Waals surface area contributed by atoms with Gasteiger partial charge in [-0.15, -0.1) is 5.10 Å². The van der Waals surface area contributed by atoms with Crippen molar-refractivity contribution in [3.63, 3.8) is 0 Å². The monoisotopic (exact) mass is 374 g/mol. The highest BCUT2D eigenvalue weighted by Crippen LogP contribution is 2.21. The van der Waals surface area contributed by atoms with Gasteiger partial charge in [0.25, 0.3) is 0 Å². The van der Waals surface area contributed by atoms with Crippen molar-refractivity contribution < 1.29 is 14.3 Å². The molecule has 1 aliphatic rings. The Hall–Kier alpha value is -3.74. The highest BCUT2D eigenvalue weighted by atomic mass is 16.5. The third-order valence-corrected chi connectivity index (χ3v) is 4.54. The fourth-order valence-electron chi connectivity index (χ4n) is 3.05. The van der Waals surface area contributed by atoms with Crippen molar-refractivity contribution in [1.82, 2.24) is 20.3 Å². The maximum Gasteiger partial charge on any atom is 0.209 e. The molecular formula is C21H18N4O3. The van der Waals surface area contributed by atoms with Crippen molar-refractivity contribution in [2.75, 3.05) is 13.7 Å². The number of hydrogen-bond donors (Lipinski definition) is 1. The van der Waals surface area contributed by atoms with E-state index in [4.69, 9.17) is 4.74 Å². The highest BCUT2D eigenvalue weighted by Gasteiger charge is 2.24. The molecule has 0 atom stereocenters. The van der Waals surface area contributed by atoms with Gasteiger partial charge in [0.2, 0.25) is 5.78 Å². The number of Topliss-reactive ketones (excluding diaryl/α,β-unsaturated/α-hetero) is 1. The summed E-state index contributed by atoms with van der Waals surface area (Å²) < 4.78 is 6.84. The summed E-state index contributed by atoms with van der Waals surface area (Å²) in [5.41, 5.74) is 2.87. The van der Waals surface area contributed by atoms with E-state index in [1.54, 1.807) is 36.1 Å². The molecule has 7 heteroatoms. The predicted octanol–water partition coefficient (Wildman–Crippen LogP) is 2.51. The van der Waals surface area contributed by atoms with E-state index >= 15 is 0 Å². The van der Waals surface area contributed by atoms with Crippen LogP contribution in [0, 0.1) is 0 Å². The number of hydrogen-bond acceptors (Lipinski definition) is 6. The first-order valence-electron chi connectivity index (χ1n) is 8.84. The first-order valence-corrected chi connectivity index (χ1v) is 8.84. The van der Waals surface area contributed by atoms with Crippen LogP contribution in [-0.4, -0.2) is 40.2 Å². The van der Waals surface area contributed by atoms with Crippen molar-refractivity contribution in [3.05, 3.63) is 77.6 Å². The predicted molar refractivity (Wildman–Crippen MR) is 103 cm³/mol. The van der Waals surface area contributed by atoms with Crippen molar-refractivity contribution in [1.29, 1.82) is 0 Å². The number of ether oxygens (including phenoxy) is 1. The fraction of sp³-hybridized carbons (Fsp3) is 0.143. The first-order chi connectivity index (χ1) is 13.7. The van der Waals surface area contributed by atoms with Crippen LogP contribution in [0.25, 0.3) is 11.3 Å². The Balaban J connectivity index is 1.39. The van der Waals surface area contributed by atoms with Gasteiger partial charge in [0.05, 0.1) is 25.5 Å². The number of nitrogens with zero attached hydrogens (tertiary/aromatic N) is 3. The molecule has 1 heterocycles. The number of ketones is 2. The number of methoxy groups -OCH3 is 1. The van der Waals surface area contributed by atoms with Crippen LogP contribution in [0.4, 0.5) is 0 Å². The summed E-state index contributed by atoms with van der Waals surface area (Å²) in [6, 6.07) is 14.4. The van der Waals surface area contributed by atoms with Crippen LogP contribution >= 0.6 is 0 Å². The Morgan fingerprint density at radius 3 is 2.54 bits per heavy atom. The van der Waals surface area contributed by atoms with Crippen molar-refractivity contribution >= 4 is 11.6 Å². The van der Waals surface area contributed by atoms with Gasteiger partial charge in [-0.3, -0.25) is 14.3 Å². The molecule has 2 aromatic carbocycles. The molecule has 0 spiro atoms. The van der Waals surface area contributed by atoms with E-state index in [-0.39, 0.29) is 11.6 Å². The van der Waals surface area contributed by atoms with Gasteiger partial charge in [0, 0.05) is 29.3 Å². The summed E-state index contributed by atoms with van der Waals surface area (Å²) >= 11 is 0. The molecule has 3 aromatic rings. The Morgan fingerprint density at radius 1 is 1.04 bits per heavy atom. The standard InChI is InChI=1S/C21H18N4O3/c1-28-15-8-6-14(7-9-15)19-13-25(24-23-19)11-10-22-18-12-20(26)16-4-2-3-5-17(16)21(18)27/h2-9,12-13,22H,10-11H2,1H3. The molecule has 0 fully saturated rings. The van der Waals surface area contributed by atoms with E-state index < -0.39 is 0 Å². The first kappa shape index (κ1) is 17.7. The second-order valence-corrected chi connectivity index (χ2v) is 6.32. The molecule has 7 nitrogen and oxygen atoms in total. The van der Waals surface area contributed by atoms with Crippen molar-refractivity contribution in [3.8, 4) is 17.0 Å². The lowest BCUT2D eigenvalue weighted by Gasteiger charge is -2.16. The second-order valence-electron chi connectivity index (χ2n) is 6.32. The van der Waals surface area contributed by atoms with Crippen LogP contribution in [0.15, 0.2) is 66.5 Å². The number of rotatable bonds is 6. The Labute approximate surface area is 161 Å². The van der Waals surface area contributed by atoms with E-state index in [0.717, 1.165) is 17.0 Å². The molecule has 4 rings (SSSR count). The summed E-state index contributed by atoms with van der Waals surface area (Å²) in [5, 5.41) is 11.3. The molecule has 1 N–H and O–H groups in total. The van der Waals surface area contributed by atoms with Crippen molar-refractivity contribution in [2.24, 2.45) is 0 Å². The lowest BCUT2D eigenvalue weighted by atomic mass is 9.93. The third kappa shape index (κ3) is 3.42. The molecule has 0 saturated heterocycles. The molecule has 0 bridgehead atoms. The summed E-state index contributed by atoms with van der Waals surface area (Å²) in [4.78, 5) is 24.7. The molecule has 28 heavy (non-hydrogen) atoms. The van der Waals surface area contributed by atoms with Gasteiger partial charge >= 0.3 is 0 Å². The van der Waals surface area contributed by atoms with Gasteiger partial charge < -0.3 is 10.1 Å². The zero-order valence-corrected chi connectivity index (χ0v) is 15.3. The topological polar surface area (TPSA) is 86.1 Å². The van der Waals surface area contributed by atoms with Gasteiger partial charge in [-0.2, -0.15) is 0 Å². The average Bonchev–Trinajstić information content (AvgIpc) is 3.20. The Bertz CT molecular complexity index is 1070. The molecule has 140 valence electrons. The molecule has 0 saturated carbocycles. The fourth-order valence-corrected chi connectivity index (χ4v) is 3.05. The molecule has 1 aromatic heterocycles. The van der Waals surface area contributed by atoms with Gasteiger partial charge in [0.1, 0.15) is 11.4 Å². The van der Waals surface area contributed by atoms with E-state index in [2.05, 4.69) is 15.6 Å². The van der Waals surface area contributed by atoms with Crippen LogP contribution < -0.4 is 10.1 Å². The van der Waals surface area contributed by atoms with Gasteiger partial charge in [-0.05, 0) is 24.3 Å². The second kappa shape index (κ2) is 7.48. The Morgan fingerprint density at radius 2 is 1.79 bits per heavy atom. The van der Waals surface area contributed by atoms with Crippen LogP contribution in [0.1, 0.15) is 20.7 Å². The van der Waals surface area contributed by atoms with E-state index in [0.29, 0.717) is 29.9 Å². The number of allylic oxidation sites excluding steroid dienone is 2. The van der Waals surface area contributed by atoms with Crippen LogP contribution in [0.5, 0.6) is 5.75 Å². The number of carbonyl (C=O) groups excluding carboxylic acids is 2. The maximum atomic E-state index is 12.5. The summed E-state index contributed by atoms with van der Waals surface area (Å²) in [6.45, 7) is 0.946. The number of carbonyl (C=O) groups is 2. The molecular weight excluding hydrogens is 356 g/mol. The number of fused-ring (bicyclic) bond motifs is 1. The van der Waals surface area contributed by atoms with Crippen molar-refractivity contribution in [2.45, 2.75) is 6.54 Å². The average molecular weight is 374 g/mol. The van der Waals surface area contributed by atoms with Crippen LogP contribution in [-0.2, 0) is 6.54 Å². The largest absolute Gasteiger partial charge is 0.497 e. The van der Waals surface area contributed by atoms with E-state index in [1.807, 2.05) is 30.5 Å². The zero-order chi connectivity index (χ0) is 19.5. The number of aromatic nitrogens is 3. The zero-order valence-electron chi connectivity index (χ0n) is 15.3.